The number of hydrogen-bond acceptors (Lipinski definition) is 5. The van der Waals surface area contributed by atoms with E-state index in [1.807, 2.05) is 17.8 Å². The van der Waals surface area contributed by atoms with Crippen LogP contribution in [-0.4, -0.2) is 55.8 Å². The molecule has 0 aliphatic carbocycles. The zero-order chi connectivity index (χ0) is 15.6. The SMILES string of the molecule is Clc1ccc2cc(N3CCNCC3)nc(N3CCSCC3)c2c1. The van der Waals surface area contributed by atoms with Crippen LogP contribution in [-0.2, 0) is 0 Å². The lowest BCUT2D eigenvalue weighted by Gasteiger charge is -2.32. The highest BCUT2D eigenvalue weighted by atomic mass is 35.5. The summed E-state index contributed by atoms with van der Waals surface area (Å²) in [6.45, 7) is 6.20. The van der Waals surface area contributed by atoms with Gasteiger partial charge in [0.25, 0.3) is 0 Å². The average Bonchev–Trinajstić information content (AvgIpc) is 2.62. The second-order valence-corrected chi connectivity index (χ2v) is 7.67. The zero-order valence-corrected chi connectivity index (χ0v) is 14.7. The Morgan fingerprint density at radius 2 is 1.78 bits per heavy atom. The summed E-state index contributed by atoms with van der Waals surface area (Å²) in [6.07, 6.45) is 0. The van der Waals surface area contributed by atoms with Crippen LogP contribution in [0.3, 0.4) is 0 Å². The van der Waals surface area contributed by atoms with Crippen molar-refractivity contribution in [2.75, 3.05) is 60.6 Å². The number of anilines is 2. The van der Waals surface area contributed by atoms with Crippen molar-refractivity contribution in [3.63, 3.8) is 0 Å². The molecule has 0 atom stereocenters. The molecule has 4 nitrogen and oxygen atoms in total. The van der Waals surface area contributed by atoms with E-state index >= 15 is 0 Å². The quantitative estimate of drug-likeness (QED) is 0.902. The Hall–Kier alpha value is -1.17. The minimum Gasteiger partial charge on any atom is -0.354 e. The molecule has 1 aromatic carbocycles. The summed E-state index contributed by atoms with van der Waals surface area (Å²) in [7, 11) is 0. The van der Waals surface area contributed by atoms with E-state index in [-0.39, 0.29) is 0 Å². The number of aromatic nitrogens is 1. The normalized spacial score (nSPS) is 19.3. The van der Waals surface area contributed by atoms with E-state index in [2.05, 4.69) is 33.3 Å². The molecule has 0 saturated carbocycles. The molecule has 2 aliphatic heterocycles. The smallest absolute Gasteiger partial charge is 0.139 e. The third kappa shape index (κ3) is 3.23. The number of halogens is 1. The molecule has 0 bridgehead atoms. The van der Waals surface area contributed by atoms with E-state index in [0.29, 0.717) is 0 Å². The van der Waals surface area contributed by atoms with E-state index in [0.717, 1.165) is 55.9 Å². The van der Waals surface area contributed by atoms with Crippen molar-refractivity contribution in [1.29, 1.82) is 0 Å². The number of pyridine rings is 1. The number of thioether (sulfide) groups is 1. The van der Waals surface area contributed by atoms with E-state index in [1.165, 1.54) is 22.3 Å². The van der Waals surface area contributed by atoms with Crippen LogP contribution in [0.4, 0.5) is 11.6 Å². The molecule has 0 unspecified atom stereocenters. The molecule has 0 amide bonds. The van der Waals surface area contributed by atoms with Crippen LogP contribution < -0.4 is 15.1 Å². The second-order valence-electron chi connectivity index (χ2n) is 6.01. The lowest BCUT2D eigenvalue weighted by molar-refractivity contribution is 0.585. The van der Waals surface area contributed by atoms with Crippen molar-refractivity contribution in [1.82, 2.24) is 10.3 Å². The van der Waals surface area contributed by atoms with Gasteiger partial charge in [-0.15, -0.1) is 0 Å². The van der Waals surface area contributed by atoms with Crippen LogP contribution in [0.5, 0.6) is 0 Å². The van der Waals surface area contributed by atoms with Gasteiger partial charge in [0.05, 0.1) is 0 Å². The van der Waals surface area contributed by atoms with E-state index < -0.39 is 0 Å². The van der Waals surface area contributed by atoms with E-state index in [1.54, 1.807) is 0 Å². The van der Waals surface area contributed by atoms with Crippen molar-refractivity contribution < 1.29 is 0 Å². The fraction of sp³-hybridized carbons (Fsp3) is 0.471. The molecule has 4 rings (SSSR count). The van der Waals surface area contributed by atoms with Gasteiger partial charge in [0, 0.05) is 61.2 Å². The lowest BCUT2D eigenvalue weighted by atomic mass is 10.1. The minimum atomic E-state index is 0.779. The molecule has 2 saturated heterocycles. The van der Waals surface area contributed by atoms with Crippen molar-refractivity contribution in [3.8, 4) is 0 Å². The van der Waals surface area contributed by atoms with Gasteiger partial charge in [-0.05, 0) is 23.6 Å². The first-order valence-electron chi connectivity index (χ1n) is 8.20. The standard InChI is InChI=1S/C17H21ClN4S/c18-14-2-1-13-11-16(21-5-3-19-4-6-21)20-17(15(13)12-14)22-7-9-23-10-8-22/h1-2,11-12,19H,3-10H2. The number of piperazine rings is 1. The van der Waals surface area contributed by atoms with Crippen molar-refractivity contribution in [2.45, 2.75) is 0 Å². The highest BCUT2D eigenvalue weighted by Crippen LogP contribution is 2.32. The van der Waals surface area contributed by atoms with Gasteiger partial charge < -0.3 is 15.1 Å². The first kappa shape index (κ1) is 15.4. The Kier molecular flexibility index (Phi) is 4.51. The minimum absolute atomic E-state index is 0.779. The number of nitrogens with zero attached hydrogens (tertiary/aromatic N) is 3. The van der Waals surface area contributed by atoms with Crippen molar-refractivity contribution in [3.05, 3.63) is 29.3 Å². The highest BCUT2D eigenvalue weighted by Gasteiger charge is 2.19. The first-order valence-corrected chi connectivity index (χ1v) is 9.73. The summed E-state index contributed by atoms with van der Waals surface area (Å²) in [5, 5.41) is 6.58. The number of benzene rings is 1. The molecule has 0 radical (unpaired) electrons. The van der Waals surface area contributed by atoms with Crippen LogP contribution in [0.2, 0.25) is 5.02 Å². The molecule has 1 N–H and O–H groups in total. The first-order chi connectivity index (χ1) is 11.3. The highest BCUT2D eigenvalue weighted by molar-refractivity contribution is 7.99. The van der Waals surface area contributed by atoms with E-state index in [4.69, 9.17) is 16.6 Å². The molecule has 3 heterocycles. The number of fused-ring (bicyclic) bond motifs is 1. The van der Waals surface area contributed by atoms with Gasteiger partial charge >= 0.3 is 0 Å². The third-order valence-electron chi connectivity index (χ3n) is 4.51. The molecule has 2 aliphatic rings. The van der Waals surface area contributed by atoms with Crippen LogP contribution in [0, 0.1) is 0 Å². The van der Waals surface area contributed by atoms with Crippen LogP contribution in [0.15, 0.2) is 24.3 Å². The molecule has 2 fully saturated rings. The fourth-order valence-electron chi connectivity index (χ4n) is 3.26. The average molecular weight is 349 g/mol. The molecule has 122 valence electrons. The summed E-state index contributed by atoms with van der Waals surface area (Å²) in [6, 6.07) is 8.36. The Morgan fingerprint density at radius 1 is 1.00 bits per heavy atom. The molecule has 1 aromatic heterocycles. The summed E-state index contributed by atoms with van der Waals surface area (Å²) >= 11 is 8.27. The zero-order valence-electron chi connectivity index (χ0n) is 13.1. The van der Waals surface area contributed by atoms with Gasteiger partial charge in [0.2, 0.25) is 0 Å². The number of rotatable bonds is 2. The Balaban J connectivity index is 1.80. The second kappa shape index (κ2) is 6.75. The van der Waals surface area contributed by atoms with Gasteiger partial charge in [0.15, 0.2) is 0 Å². The molecular formula is C17H21ClN4S. The molecule has 0 spiro atoms. The number of nitrogens with one attached hydrogen (secondary N) is 1. The lowest BCUT2D eigenvalue weighted by Crippen LogP contribution is -2.44. The fourth-order valence-corrected chi connectivity index (χ4v) is 4.34. The Morgan fingerprint density at radius 3 is 2.57 bits per heavy atom. The summed E-state index contributed by atoms with van der Waals surface area (Å²) < 4.78 is 0. The predicted octanol–water partition coefficient (Wildman–Crippen LogP) is 2.85. The third-order valence-corrected chi connectivity index (χ3v) is 5.69. The molecular weight excluding hydrogens is 328 g/mol. The van der Waals surface area contributed by atoms with Crippen molar-refractivity contribution in [2.24, 2.45) is 0 Å². The maximum absolute atomic E-state index is 6.25. The monoisotopic (exact) mass is 348 g/mol. The number of hydrogen-bond donors (Lipinski definition) is 1. The predicted molar refractivity (Wildman–Crippen MR) is 101 cm³/mol. The van der Waals surface area contributed by atoms with E-state index in [9.17, 15) is 0 Å². The summed E-state index contributed by atoms with van der Waals surface area (Å²) in [5.41, 5.74) is 0. The van der Waals surface area contributed by atoms with Crippen LogP contribution in [0.1, 0.15) is 0 Å². The van der Waals surface area contributed by atoms with Gasteiger partial charge in [0.1, 0.15) is 11.6 Å². The summed E-state index contributed by atoms with van der Waals surface area (Å²) in [4.78, 5) is 9.84. The van der Waals surface area contributed by atoms with Gasteiger partial charge in [-0.1, -0.05) is 17.7 Å². The van der Waals surface area contributed by atoms with Gasteiger partial charge in [-0.25, -0.2) is 4.98 Å². The van der Waals surface area contributed by atoms with Crippen LogP contribution >= 0.6 is 23.4 Å². The maximum Gasteiger partial charge on any atom is 0.139 e. The Bertz CT molecular complexity index is 696. The topological polar surface area (TPSA) is 31.4 Å². The summed E-state index contributed by atoms with van der Waals surface area (Å²) in [5.74, 6) is 4.52. The largest absolute Gasteiger partial charge is 0.354 e. The molecule has 2 aromatic rings. The Labute approximate surface area is 146 Å². The molecule has 6 heteroatoms. The van der Waals surface area contributed by atoms with Gasteiger partial charge in [-0.3, -0.25) is 0 Å². The van der Waals surface area contributed by atoms with Crippen molar-refractivity contribution >= 4 is 45.8 Å². The maximum atomic E-state index is 6.25. The van der Waals surface area contributed by atoms with Gasteiger partial charge in [-0.2, -0.15) is 11.8 Å². The molecule has 23 heavy (non-hydrogen) atoms. The van der Waals surface area contributed by atoms with Crippen LogP contribution in [0.25, 0.3) is 10.8 Å².